The topological polar surface area (TPSA) is 99.2 Å². The van der Waals surface area contributed by atoms with Crippen molar-refractivity contribution < 1.29 is 15.1 Å². The maximum Gasteiger partial charge on any atom is 0.253 e. The molecular formula is C13H17N3O3. The van der Waals surface area contributed by atoms with Crippen molar-refractivity contribution in [3.05, 3.63) is 35.4 Å². The van der Waals surface area contributed by atoms with Gasteiger partial charge in [-0.3, -0.25) is 4.79 Å². The standard InChI is InChI=1S/C13H17N3O3/c14-12(15-19)9-3-1-4-10(7-9)13(18)16-6-2-5-11(17)8-16/h1,3-4,7,11,17,19H,2,5-6,8H2,(H2,14,15). The number of nitrogens with two attached hydrogens (primary N) is 1. The van der Waals surface area contributed by atoms with E-state index in [4.69, 9.17) is 10.9 Å². The number of carbonyl (C=O) groups excluding carboxylic acids is 1. The number of aliphatic hydroxyl groups is 1. The van der Waals surface area contributed by atoms with Crippen LogP contribution in [0.5, 0.6) is 0 Å². The number of likely N-dealkylation sites (tertiary alicyclic amines) is 1. The Morgan fingerprint density at radius 1 is 1.42 bits per heavy atom. The van der Waals surface area contributed by atoms with Gasteiger partial charge in [0.2, 0.25) is 0 Å². The predicted octanol–water partition coefficient (Wildman–Crippen LogP) is 0.378. The highest BCUT2D eigenvalue weighted by Gasteiger charge is 2.23. The van der Waals surface area contributed by atoms with E-state index in [0.717, 1.165) is 12.8 Å². The van der Waals surface area contributed by atoms with Gasteiger partial charge in [0.15, 0.2) is 5.84 Å². The van der Waals surface area contributed by atoms with E-state index >= 15 is 0 Å². The van der Waals surface area contributed by atoms with Crippen molar-refractivity contribution in [2.24, 2.45) is 10.9 Å². The lowest BCUT2D eigenvalue weighted by atomic mass is 10.1. The molecule has 0 aliphatic carbocycles. The van der Waals surface area contributed by atoms with Gasteiger partial charge in [-0.2, -0.15) is 0 Å². The molecule has 1 aromatic carbocycles. The van der Waals surface area contributed by atoms with Gasteiger partial charge in [0.05, 0.1) is 6.10 Å². The van der Waals surface area contributed by atoms with Gasteiger partial charge in [0.1, 0.15) is 0 Å². The van der Waals surface area contributed by atoms with Crippen LogP contribution in [0.2, 0.25) is 0 Å². The van der Waals surface area contributed by atoms with Gasteiger partial charge in [0.25, 0.3) is 5.91 Å². The number of aliphatic hydroxyl groups excluding tert-OH is 1. The molecule has 1 heterocycles. The van der Waals surface area contributed by atoms with E-state index in [-0.39, 0.29) is 11.7 Å². The SMILES string of the molecule is N/C(=N/O)c1cccc(C(=O)N2CCCC(O)C2)c1. The van der Waals surface area contributed by atoms with Gasteiger partial charge in [-0.15, -0.1) is 0 Å². The van der Waals surface area contributed by atoms with Crippen LogP contribution in [-0.4, -0.2) is 46.1 Å². The van der Waals surface area contributed by atoms with Crippen LogP contribution in [0.1, 0.15) is 28.8 Å². The summed E-state index contributed by atoms with van der Waals surface area (Å²) in [6, 6.07) is 6.60. The molecule has 2 rings (SSSR count). The first-order valence-corrected chi connectivity index (χ1v) is 6.17. The fourth-order valence-electron chi connectivity index (χ4n) is 2.19. The third-order valence-electron chi connectivity index (χ3n) is 3.20. The average Bonchev–Trinajstić information content (AvgIpc) is 2.45. The minimum absolute atomic E-state index is 0.0340. The van der Waals surface area contributed by atoms with Crippen LogP contribution in [0.3, 0.4) is 0 Å². The van der Waals surface area contributed by atoms with Crippen LogP contribution in [0, 0.1) is 0 Å². The summed E-state index contributed by atoms with van der Waals surface area (Å²) < 4.78 is 0. The van der Waals surface area contributed by atoms with E-state index in [1.165, 1.54) is 0 Å². The summed E-state index contributed by atoms with van der Waals surface area (Å²) >= 11 is 0. The monoisotopic (exact) mass is 263 g/mol. The Kier molecular flexibility index (Phi) is 4.01. The largest absolute Gasteiger partial charge is 0.409 e. The Hall–Kier alpha value is -2.08. The zero-order valence-electron chi connectivity index (χ0n) is 10.5. The Balaban J connectivity index is 2.19. The number of amidine groups is 1. The predicted molar refractivity (Wildman–Crippen MR) is 70.1 cm³/mol. The molecule has 1 aliphatic heterocycles. The minimum atomic E-state index is -0.454. The van der Waals surface area contributed by atoms with E-state index < -0.39 is 6.10 Å². The van der Waals surface area contributed by atoms with E-state index in [1.807, 2.05) is 0 Å². The highest BCUT2D eigenvalue weighted by atomic mass is 16.4. The Morgan fingerprint density at radius 3 is 2.84 bits per heavy atom. The number of piperidine rings is 1. The first-order chi connectivity index (χ1) is 9.11. The van der Waals surface area contributed by atoms with Crippen molar-refractivity contribution in [2.75, 3.05) is 13.1 Å². The summed E-state index contributed by atoms with van der Waals surface area (Å²) in [6.07, 6.45) is 1.07. The Morgan fingerprint density at radius 2 is 2.16 bits per heavy atom. The maximum atomic E-state index is 12.3. The van der Waals surface area contributed by atoms with Gasteiger partial charge in [-0.05, 0) is 25.0 Å². The highest BCUT2D eigenvalue weighted by Crippen LogP contribution is 2.14. The lowest BCUT2D eigenvalue weighted by molar-refractivity contribution is 0.0474. The first-order valence-electron chi connectivity index (χ1n) is 6.17. The normalized spacial score (nSPS) is 20.4. The molecule has 6 heteroatoms. The van der Waals surface area contributed by atoms with Gasteiger partial charge in [-0.1, -0.05) is 17.3 Å². The van der Waals surface area contributed by atoms with Crippen molar-refractivity contribution in [3.63, 3.8) is 0 Å². The molecule has 6 nitrogen and oxygen atoms in total. The molecule has 0 bridgehead atoms. The van der Waals surface area contributed by atoms with Gasteiger partial charge >= 0.3 is 0 Å². The fourth-order valence-corrected chi connectivity index (χ4v) is 2.19. The molecule has 1 unspecified atom stereocenters. The highest BCUT2D eigenvalue weighted by molar-refractivity contribution is 6.01. The second-order valence-corrected chi connectivity index (χ2v) is 4.61. The zero-order chi connectivity index (χ0) is 13.8. The van der Waals surface area contributed by atoms with Crippen LogP contribution in [-0.2, 0) is 0 Å². The number of amides is 1. The molecule has 1 aromatic rings. The van der Waals surface area contributed by atoms with Crippen LogP contribution in [0.25, 0.3) is 0 Å². The molecule has 0 aromatic heterocycles. The number of rotatable bonds is 2. The van der Waals surface area contributed by atoms with E-state index in [0.29, 0.717) is 24.2 Å². The number of hydrogen-bond donors (Lipinski definition) is 3. The molecule has 1 fully saturated rings. The summed E-state index contributed by atoms with van der Waals surface area (Å²) in [5.41, 5.74) is 6.46. The van der Waals surface area contributed by atoms with Crippen LogP contribution in [0.15, 0.2) is 29.4 Å². The second-order valence-electron chi connectivity index (χ2n) is 4.61. The Labute approximate surface area is 111 Å². The van der Waals surface area contributed by atoms with Gasteiger partial charge in [0, 0.05) is 24.2 Å². The summed E-state index contributed by atoms with van der Waals surface area (Å²) in [5.74, 6) is -0.181. The third kappa shape index (κ3) is 3.03. The summed E-state index contributed by atoms with van der Waals surface area (Å²) in [4.78, 5) is 13.9. The lowest BCUT2D eigenvalue weighted by Crippen LogP contribution is -2.42. The molecule has 0 saturated carbocycles. The second kappa shape index (κ2) is 5.71. The molecule has 1 saturated heterocycles. The molecule has 102 valence electrons. The smallest absolute Gasteiger partial charge is 0.253 e. The molecule has 1 aliphatic rings. The van der Waals surface area contributed by atoms with Crippen molar-refractivity contribution in [2.45, 2.75) is 18.9 Å². The zero-order valence-corrected chi connectivity index (χ0v) is 10.5. The number of nitrogens with zero attached hydrogens (tertiary/aromatic N) is 2. The quantitative estimate of drug-likeness (QED) is 0.311. The number of benzene rings is 1. The van der Waals surface area contributed by atoms with Crippen molar-refractivity contribution in [1.82, 2.24) is 4.90 Å². The van der Waals surface area contributed by atoms with Crippen molar-refractivity contribution >= 4 is 11.7 Å². The summed E-state index contributed by atoms with van der Waals surface area (Å²) in [5, 5.41) is 21.1. The van der Waals surface area contributed by atoms with E-state index in [9.17, 15) is 9.90 Å². The molecule has 19 heavy (non-hydrogen) atoms. The van der Waals surface area contributed by atoms with E-state index in [1.54, 1.807) is 29.2 Å². The summed E-state index contributed by atoms with van der Waals surface area (Å²) in [7, 11) is 0. The van der Waals surface area contributed by atoms with Crippen LogP contribution < -0.4 is 5.73 Å². The number of oxime groups is 1. The molecular weight excluding hydrogens is 246 g/mol. The molecule has 1 atom stereocenters. The first kappa shape index (κ1) is 13.4. The van der Waals surface area contributed by atoms with E-state index in [2.05, 4.69) is 5.16 Å². The molecule has 1 amide bonds. The number of carbonyl (C=O) groups is 1. The average molecular weight is 263 g/mol. The number of β-amino-alcohol motifs (C(OH)–C–C–N with tert-alkyl or cyclic N) is 1. The maximum absolute atomic E-state index is 12.3. The van der Waals surface area contributed by atoms with Crippen LogP contribution in [0.4, 0.5) is 0 Å². The van der Waals surface area contributed by atoms with Crippen molar-refractivity contribution in [1.29, 1.82) is 0 Å². The molecule has 4 N–H and O–H groups in total. The van der Waals surface area contributed by atoms with Crippen LogP contribution >= 0.6 is 0 Å². The van der Waals surface area contributed by atoms with Gasteiger partial charge in [-0.25, -0.2) is 0 Å². The third-order valence-corrected chi connectivity index (χ3v) is 3.20. The fraction of sp³-hybridized carbons (Fsp3) is 0.385. The molecule has 0 radical (unpaired) electrons. The number of hydrogen-bond acceptors (Lipinski definition) is 4. The molecule has 0 spiro atoms. The van der Waals surface area contributed by atoms with Gasteiger partial charge < -0.3 is 20.9 Å². The summed E-state index contributed by atoms with van der Waals surface area (Å²) in [6.45, 7) is 0.996. The lowest BCUT2D eigenvalue weighted by Gasteiger charge is -2.30. The van der Waals surface area contributed by atoms with Crippen molar-refractivity contribution in [3.8, 4) is 0 Å². The minimum Gasteiger partial charge on any atom is -0.409 e. The Bertz CT molecular complexity index is 502.